The van der Waals surface area contributed by atoms with Crippen LogP contribution in [0.1, 0.15) is 36.8 Å². The van der Waals surface area contributed by atoms with E-state index in [0.717, 1.165) is 42.6 Å². The van der Waals surface area contributed by atoms with Crippen molar-refractivity contribution in [3.05, 3.63) is 59.9 Å². The van der Waals surface area contributed by atoms with Gasteiger partial charge in [-0.25, -0.2) is 4.79 Å². The van der Waals surface area contributed by atoms with E-state index in [4.69, 9.17) is 4.74 Å². The predicted molar refractivity (Wildman–Crippen MR) is 110 cm³/mol. The molecule has 0 spiro atoms. The third-order valence-corrected chi connectivity index (χ3v) is 5.23. The van der Waals surface area contributed by atoms with Gasteiger partial charge >= 0.3 is 6.03 Å². The van der Waals surface area contributed by atoms with Crippen LogP contribution in [0.3, 0.4) is 0 Å². The fourth-order valence-electron chi connectivity index (χ4n) is 3.50. The number of hydrogen-bond donors (Lipinski definition) is 3. The average molecular weight is 396 g/mol. The molecule has 0 saturated heterocycles. The van der Waals surface area contributed by atoms with Gasteiger partial charge in [0, 0.05) is 37.4 Å². The van der Waals surface area contributed by atoms with Crippen LogP contribution in [0.4, 0.5) is 4.79 Å². The van der Waals surface area contributed by atoms with Crippen LogP contribution in [0, 0.1) is 5.92 Å². The van der Waals surface area contributed by atoms with Gasteiger partial charge in [0.25, 0.3) is 0 Å². The van der Waals surface area contributed by atoms with Crippen molar-refractivity contribution < 1.29 is 14.3 Å². The molecule has 1 aliphatic rings. The molecule has 1 aliphatic carbocycles. The van der Waals surface area contributed by atoms with Gasteiger partial charge in [-0.05, 0) is 55.0 Å². The zero-order valence-corrected chi connectivity index (χ0v) is 16.7. The summed E-state index contributed by atoms with van der Waals surface area (Å²) in [6.07, 6.45) is 6.64. The molecule has 0 radical (unpaired) electrons. The minimum Gasteiger partial charge on any atom is -0.497 e. The lowest BCUT2D eigenvalue weighted by Crippen LogP contribution is -2.44. The number of amides is 3. The van der Waals surface area contributed by atoms with Crippen molar-refractivity contribution in [3.8, 4) is 5.75 Å². The molecular weight excluding hydrogens is 368 g/mol. The lowest BCUT2D eigenvalue weighted by Gasteiger charge is -2.28. The van der Waals surface area contributed by atoms with E-state index in [1.54, 1.807) is 19.5 Å². The molecule has 0 bridgehead atoms. The Labute approximate surface area is 171 Å². The number of pyridine rings is 1. The molecule has 3 N–H and O–H groups in total. The minimum absolute atomic E-state index is 0.00656. The van der Waals surface area contributed by atoms with Crippen LogP contribution in [-0.4, -0.2) is 30.1 Å². The van der Waals surface area contributed by atoms with Gasteiger partial charge in [0.1, 0.15) is 5.75 Å². The van der Waals surface area contributed by atoms with E-state index in [1.807, 2.05) is 36.4 Å². The van der Waals surface area contributed by atoms with E-state index in [0.29, 0.717) is 13.1 Å². The summed E-state index contributed by atoms with van der Waals surface area (Å²) >= 11 is 0. The standard InChI is InChI=1S/C22H28N4O3/c1-29-20-10-4-16(5-11-20)14-25-22(28)26-19-8-6-18(7-9-19)21(27)24-15-17-3-2-12-23-13-17/h2-5,10-13,18-19H,6-9,14-15H2,1H3,(H,24,27)(H2,25,26,28). The Morgan fingerprint density at radius 2 is 1.72 bits per heavy atom. The monoisotopic (exact) mass is 396 g/mol. The number of ether oxygens (including phenoxy) is 1. The van der Waals surface area contributed by atoms with Gasteiger partial charge < -0.3 is 20.7 Å². The number of aromatic nitrogens is 1. The first-order valence-corrected chi connectivity index (χ1v) is 9.98. The smallest absolute Gasteiger partial charge is 0.315 e. The summed E-state index contributed by atoms with van der Waals surface area (Å²) in [6.45, 7) is 0.959. The summed E-state index contributed by atoms with van der Waals surface area (Å²) in [7, 11) is 1.62. The normalized spacial score (nSPS) is 18.5. The first-order chi connectivity index (χ1) is 14.1. The fraction of sp³-hybridized carbons (Fsp3) is 0.409. The van der Waals surface area contributed by atoms with Gasteiger partial charge in [0.05, 0.1) is 7.11 Å². The number of carbonyl (C=O) groups excluding carboxylic acids is 2. The maximum absolute atomic E-state index is 12.4. The number of hydrogen-bond acceptors (Lipinski definition) is 4. The van der Waals surface area contributed by atoms with Crippen molar-refractivity contribution in [2.75, 3.05) is 7.11 Å². The molecule has 1 fully saturated rings. The largest absolute Gasteiger partial charge is 0.497 e. The molecule has 7 heteroatoms. The Hall–Kier alpha value is -3.09. The highest BCUT2D eigenvalue weighted by atomic mass is 16.5. The van der Waals surface area contributed by atoms with Crippen LogP contribution in [0.15, 0.2) is 48.8 Å². The van der Waals surface area contributed by atoms with E-state index in [-0.39, 0.29) is 23.9 Å². The van der Waals surface area contributed by atoms with E-state index >= 15 is 0 Å². The second kappa shape index (κ2) is 10.5. The van der Waals surface area contributed by atoms with E-state index < -0.39 is 0 Å². The van der Waals surface area contributed by atoms with Crippen LogP contribution in [0.2, 0.25) is 0 Å². The lowest BCUT2D eigenvalue weighted by molar-refractivity contribution is -0.126. The first kappa shape index (κ1) is 20.6. The molecule has 1 saturated carbocycles. The maximum Gasteiger partial charge on any atom is 0.315 e. The van der Waals surface area contributed by atoms with Gasteiger partial charge in [-0.1, -0.05) is 18.2 Å². The quantitative estimate of drug-likeness (QED) is 0.671. The third kappa shape index (κ3) is 6.48. The van der Waals surface area contributed by atoms with Crippen LogP contribution in [-0.2, 0) is 17.9 Å². The number of benzene rings is 1. The molecule has 0 atom stereocenters. The number of rotatable bonds is 7. The molecule has 154 valence electrons. The molecule has 3 amide bonds. The van der Waals surface area contributed by atoms with Gasteiger partial charge in [-0.2, -0.15) is 0 Å². The van der Waals surface area contributed by atoms with Gasteiger partial charge in [-0.3, -0.25) is 9.78 Å². The van der Waals surface area contributed by atoms with Crippen LogP contribution in [0.5, 0.6) is 5.75 Å². The molecule has 3 rings (SSSR count). The zero-order valence-electron chi connectivity index (χ0n) is 16.7. The van der Waals surface area contributed by atoms with Crippen LogP contribution < -0.4 is 20.7 Å². The molecular formula is C22H28N4O3. The summed E-state index contributed by atoms with van der Waals surface area (Å²) in [6, 6.07) is 11.3. The molecule has 7 nitrogen and oxygen atoms in total. The zero-order chi connectivity index (χ0) is 20.5. The average Bonchev–Trinajstić information content (AvgIpc) is 2.77. The second-order valence-corrected chi connectivity index (χ2v) is 7.30. The topological polar surface area (TPSA) is 92.4 Å². The molecule has 29 heavy (non-hydrogen) atoms. The van der Waals surface area contributed by atoms with E-state index in [1.165, 1.54) is 0 Å². The minimum atomic E-state index is -0.176. The van der Waals surface area contributed by atoms with Crippen LogP contribution >= 0.6 is 0 Å². The highest BCUT2D eigenvalue weighted by Crippen LogP contribution is 2.24. The maximum atomic E-state index is 12.4. The molecule has 0 aliphatic heterocycles. The molecule has 2 aromatic rings. The van der Waals surface area contributed by atoms with E-state index in [9.17, 15) is 9.59 Å². The van der Waals surface area contributed by atoms with Crippen molar-refractivity contribution in [2.45, 2.75) is 44.8 Å². The predicted octanol–water partition coefficient (Wildman–Crippen LogP) is 2.76. The first-order valence-electron chi connectivity index (χ1n) is 9.98. The van der Waals surface area contributed by atoms with Gasteiger partial charge in [0.15, 0.2) is 0 Å². The third-order valence-electron chi connectivity index (χ3n) is 5.23. The highest BCUT2D eigenvalue weighted by Gasteiger charge is 2.26. The molecule has 1 aromatic carbocycles. The number of methoxy groups -OCH3 is 1. The van der Waals surface area contributed by atoms with Crippen molar-refractivity contribution in [3.63, 3.8) is 0 Å². The number of nitrogens with zero attached hydrogens (tertiary/aromatic N) is 1. The van der Waals surface area contributed by atoms with Crippen molar-refractivity contribution >= 4 is 11.9 Å². The Bertz CT molecular complexity index is 787. The molecule has 1 aromatic heterocycles. The van der Waals surface area contributed by atoms with Crippen LogP contribution in [0.25, 0.3) is 0 Å². The summed E-state index contributed by atoms with van der Waals surface area (Å²) in [5.74, 6) is 0.878. The van der Waals surface area contributed by atoms with Crippen molar-refractivity contribution in [1.29, 1.82) is 0 Å². The fourth-order valence-corrected chi connectivity index (χ4v) is 3.50. The summed E-state index contributed by atoms with van der Waals surface area (Å²) in [5.41, 5.74) is 2.00. The molecule has 0 unspecified atom stereocenters. The second-order valence-electron chi connectivity index (χ2n) is 7.30. The number of urea groups is 1. The van der Waals surface area contributed by atoms with Crippen molar-refractivity contribution in [1.82, 2.24) is 20.9 Å². The number of carbonyl (C=O) groups is 2. The highest BCUT2D eigenvalue weighted by molar-refractivity contribution is 5.79. The number of nitrogens with one attached hydrogen (secondary N) is 3. The Morgan fingerprint density at radius 1 is 1.00 bits per heavy atom. The van der Waals surface area contributed by atoms with Crippen molar-refractivity contribution in [2.24, 2.45) is 5.92 Å². The van der Waals surface area contributed by atoms with E-state index in [2.05, 4.69) is 20.9 Å². The Kier molecular flexibility index (Phi) is 7.44. The summed E-state index contributed by atoms with van der Waals surface area (Å²) < 4.78 is 5.13. The summed E-state index contributed by atoms with van der Waals surface area (Å²) in [5, 5.41) is 8.88. The summed E-state index contributed by atoms with van der Waals surface area (Å²) in [4.78, 5) is 28.6. The van der Waals surface area contributed by atoms with Gasteiger partial charge in [-0.15, -0.1) is 0 Å². The van der Waals surface area contributed by atoms with Gasteiger partial charge in [0.2, 0.25) is 5.91 Å². The lowest BCUT2D eigenvalue weighted by atomic mass is 9.85. The Morgan fingerprint density at radius 3 is 2.38 bits per heavy atom. The Balaban J connectivity index is 1.34. The SMILES string of the molecule is COc1ccc(CNC(=O)NC2CCC(C(=O)NCc3cccnc3)CC2)cc1. The molecule has 1 heterocycles.